The summed E-state index contributed by atoms with van der Waals surface area (Å²) in [5, 5.41) is 13.1. The van der Waals surface area contributed by atoms with Crippen molar-refractivity contribution in [1.82, 2.24) is 4.98 Å². The summed E-state index contributed by atoms with van der Waals surface area (Å²) in [7, 11) is 0. The van der Waals surface area contributed by atoms with Crippen LogP contribution < -0.4 is 5.32 Å². The Morgan fingerprint density at radius 2 is 2.08 bits per heavy atom. The standard InChI is InChI=1S/C20H21N3OS/c1-12-7-8-15(9-13(12)2)22-19(24)11-25-20-17(10-21)14(3)16-5-4-6-18(16)23-20/h7-9H,4-6,11H2,1-3H3,(H,22,24). The van der Waals surface area contributed by atoms with Crippen LogP contribution in [0.4, 0.5) is 5.69 Å². The molecule has 2 aromatic rings. The molecule has 1 heterocycles. The topological polar surface area (TPSA) is 65.8 Å². The van der Waals surface area contributed by atoms with E-state index in [9.17, 15) is 10.1 Å². The molecule has 0 saturated carbocycles. The zero-order chi connectivity index (χ0) is 18.0. The first-order valence-electron chi connectivity index (χ1n) is 8.42. The number of hydrogen-bond donors (Lipinski definition) is 1. The van der Waals surface area contributed by atoms with E-state index in [2.05, 4.69) is 16.4 Å². The van der Waals surface area contributed by atoms with E-state index in [-0.39, 0.29) is 11.7 Å². The summed E-state index contributed by atoms with van der Waals surface area (Å²) >= 11 is 1.34. The third kappa shape index (κ3) is 3.69. The van der Waals surface area contributed by atoms with E-state index < -0.39 is 0 Å². The first-order valence-corrected chi connectivity index (χ1v) is 9.40. The van der Waals surface area contributed by atoms with Crippen LogP contribution in [-0.2, 0) is 17.6 Å². The maximum absolute atomic E-state index is 12.3. The van der Waals surface area contributed by atoms with Crippen molar-refractivity contribution >= 4 is 23.4 Å². The third-order valence-corrected chi connectivity index (χ3v) is 5.68. The zero-order valence-electron chi connectivity index (χ0n) is 14.8. The van der Waals surface area contributed by atoms with Crippen molar-refractivity contribution in [3.63, 3.8) is 0 Å². The highest BCUT2D eigenvalue weighted by Gasteiger charge is 2.21. The Morgan fingerprint density at radius 1 is 1.28 bits per heavy atom. The molecule has 3 rings (SSSR count). The van der Waals surface area contributed by atoms with Crippen LogP contribution >= 0.6 is 11.8 Å². The summed E-state index contributed by atoms with van der Waals surface area (Å²) in [5.41, 5.74) is 7.10. The van der Waals surface area contributed by atoms with E-state index in [1.54, 1.807) is 0 Å². The molecule has 0 aliphatic heterocycles. The van der Waals surface area contributed by atoms with Gasteiger partial charge >= 0.3 is 0 Å². The van der Waals surface area contributed by atoms with Crippen molar-refractivity contribution in [2.45, 2.75) is 45.1 Å². The number of carbonyl (C=O) groups is 1. The van der Waals surface area contributed by atoms with Gasteiger partial charge < -0.3 is 5.32 Å². The summed E-state index contributed by atoms with van der Waals surface area (Å²) in [6.07, 6.45) is 3.06. The molecular formula is C20H21N3OS. The number of benzene rings is 1. The Bertz CT molecular complexity index is 883. The molecule has 0 radical (unpaired) electrons. The van der Waals surface area contributed by atoms with Crippen molar-refractivity contribution in [2.24, 2.45) is 0 Å². The van der Waals surface area contributed by atoms with Crippen LogP contribution in [0, 0.1) is 32.1 Å². The van der Waals surface area contributed by atoms with Gasteiger partial charge in [0.05, 0.1) is 11.3 Å². The molecule has 0 atom stereocenters. The number of aromatic nitrogens is 1. The highest BCUT2D eigenvalue weighted by atomic mass is 32.2. The molecule has 1 aliphatic rings. The number of rotatable bonds is 4. The van der Waals surface area contributed by atoms with Gasteiger partial charge in [-0.25, -0.2) is 4.98 Å². The lowest BCUT2D eigenvalue weighted by molar-refractivity contribution is -0.113. The first-order chi connectivity index (χ1) is 12.0. The number of nitrogens with zero attached hydrogens (tertiary/aromatic N) is 2. The van der Waals surface area contributed by atoms with Gasteiger partial charge in [0.2, 0.25) is 5.91 Å². The van der Waals surface area contributed by atoms with Crippen LogP contribution in [0.1, 0.15) is 39.9 Å². The predicted molar refractivity (Wildman–Crippen MR) is 101 cm³/mol. The Balaban J connectivity index is 1.71. The smallest absolute Gasteiger partial charge is 0.234 e. The summed E-state index contributed by atoms with van der Waals surface area (Å²) in [4.78, 5) is 16.9. The van der Waals surface area contributed by atoms with Crippen molar-refractivity contribution in [1.29, 1.82) is 5.26 Å². The maximum atomic E-state index is 12.3. The quantitative estimate of drug-likeness (QED) is 0.842. The highest BCUT2D eigenvalue weighted by Crippen LogP contribution is 2.31. The monoisotopic (exact) mass is 351 g/mol. The van der Waals surface area contributed by atoms with Crippen LogP contribution in [0.15, 0.2) is 23.2 Å². The van der Waals surface area contributed by atoms with Crippen LogP contribution in [0.25, 0.3) is 0 Å². The molecule has 25 heavy (non-hydrogen) atoms. The van der Waals surface area contributed by atoms with Crippen LogP contribution in [0.3, 0.4) is 0 Å². The van der Waals surface area contributed by atoms with Crippen molar-refractivity contribution < 1.29 is 4.79 Å². The molecule has 128 valence electrons. The first kappa shape index (κ1) is 17.5. The van der Waals surface area contributed by atoms with Gasteiger partial charge in [0.1, 0.15) is 11.1 Å². The van der Waals surface area contributed by atoms with E-state index in [1.807, 2.05) is 39.0 Å². The minimum Gasteiger partial charge on any atom is -0.325 e. The van der Waals surface area contributed by atoms with Gasteiger partial charge in [-0.05, 0) is 74.4 Å². The molecule has 0 spiro atoms. The number of amides is 1. The lowest BCUT2D eigenvalue weighted by Gasteiger charge is -2.11. The van der Waals surface area contributed by atoms with Crippen LogP contribution in [0.5, 0.6) is 0 Å². The maximum Gasteiger partial charge on any atom is 0.234 e. The van der Waals surface area contributed by atoms with Crippen LogP contribution in [-0.4, -0.2) is 16.6 Å². The average molecular weight is 351 g/mol. The molecule has 1 amide bonds. The third-order valence-electron chi connectivity index (χ3n) is 4.71. The van der Waals surface area contributed by atoms with Gasteiger partial charge in [-0.15, -0.1) is 0 Å². The molecule has 1 N–H and O–H groups in total. The second kappa shape index (κ2) is 7.28. The lowest BCUT2D eigenvalue weighted by Crippen LogP contribution is -2.14. The molecule has 1 aromatic heterocycles. The molecule has 5 heteroatoms. The largest absolute Gasteiger partial charge is 0.325 e. The number of aryl methyl sites for hydroxylation is 3. The van der Waals surface area contributed by atoms with Crippen LogP contribution in [0.2, 0.25) is 0 Å². The average Bonchev–Trinajstić information content (AvgIpc) is 3.05. The van der Waals surface area contributed by atoms with Crippen molar-refractivity contribution in [3.8, 4) is 6.07 Å². The zero-order valence-corrected chi connectivity index (χ0v) is 15.6. The Hall–Kier alpha value is -2.32. The van der Waals surface area contributed by atoms with Gasteiger partial charge in [-0.3, -0.25) is 4.79 Å². The number of nitrogens with one attached hydrogen (secondary N) is 1. The normalized spacial score (nSPS) is 12.6. The number of anilines is 1. The Kier molecular flexibility index (Phi) is 5.10. The van der Waals surface area contributed by atoms with E-state index in [0.29, 0.717) is 10.6 Å². The molecule has 1 aliphatic carbocycles. The second-order valence-corrected chi connectivity index (χ2v) is 7.41. The fourth-order valence-corrected chi connectivity index (χ4v) is 3.99. The van der Waals surface area contributed by atoms with Gasteiger partial charge in [-0.2, -0.15) is 5.26 Å². The molecule has 0 fully saturated rings. The number of fused-ring (bicyclic) bond motifs is 1. The van der Waals surface area contributed by atoms with Gasteiger partial charge in [-0.1, -0.05) is 17.8 Å². The predicted octanol–water partition coefficient (Wildman–Crippen LogP) is 4.10. The fourth-order valence-electron chi connectivity index (χ4n) is 3.13. The summed E-state index contributed by atoms with van der Waals surface area (Å²) in [5.74, 6) is 0.157. The van der Waals surface area contributed by atoms with E-state index in [0.717, 1.165) is 41.8 Å². The summed E-state index contributed by atoms with van der Waals surface area (Å²) < 4.78 is 0. The number of thioether (sulfide) groups is 1. The van der Waals surface area contributed by atoms with E-state index >= 15 is 0 Å². The van der Waals surface area contributed by atoms with Gasteiger partial charge in [0.15, 0.2) is 0 Å². The second-order valence-electron chi connectivity index (χ2n) is 6.44. The molecule has 1 aromatic carbocycles. The molecular weight excluding hydrogens is 330 g/mol. The van der Waals surface area contributed by atoms with E-state index in [1.165, 1.54) is 22.9 Å². The number of carbonyl (C=O) groups excluding carboxylic acids is 1. The molecule has 0 bridgehead atoms. The Labute approximate surface area is 152 Å². The minimum absolute atomic E-state index is 0.0860. The molecule has 0 unspecified atom stereocenters. The summed E-state index contributed by atoms with van der Waals surface area (Å²) in [6.45, 7) is 6.06. The van der Waals surface area contributed by atoms with E-state index in [4.69, 9.17) is 0 Å². The summed E-state index contributed by atoms with van der Waals surface area (Å²) in [6, 6.07) is 8.14. The number of pyridine rings is 1. The highest BCUT2D eigenvalue weighted by molar-refractivity contribution is 8.00. The minimum atomic E-state index is -0.0860. The fraction of sp³-hybridized carbons (Fsp3) is 0.350. The SMILES string of the molecule is Cc1ccc(NC(=O)CSc2nc3c(c(C)c2C#N)CCC3)cc1C. The Morgan fingerprint density at radius 3 is 2.80 bits per heavy atom. The number of nitriles is 1. The van der Waals surface area contributed by atoms with Crippen molar-refractivity contribution in [3.05, 3.63) is 51.7 Å². The number of hydrogen-bond acceptors (Lipinski definition) is 4. The van der Waals surface area contributed by atoms with Gasteiger partial charge in [0, 0.05) is 11.4 Å². The van der Waals surface area contributed by atoms with Gasteiger partial charge in [0.25, 0.3) is 0 Å². The molecule has 0 saturated heterocycles. The molecule has 4 nitrogen and oxygen atoms in total. The lowest BCUT2D eigenvalue weighted by atomic mass is 10.0. The van der Waals surface area contributed by atoms with Crippen molar-refractivity contribution in [2.75, 3.05) is 11.1 Å².